The van der Waals surface area contributed by atoms with Crippen molar-refractivity contribution in [1.82, 2.24) is 30.5 Å². The van der Waals surface area contributed by atoms with Crippen molar-refractivity contribution in [2.75, 3.05) is 13.1 Å². The van der Waals surface area contributed by atoms with Crippen LogP contribution in [0, 0.1) is 0 Å². The molecule has 0 radical (unpaired) electrons. The summed E-state index contributed by atoms with van der Waals surface area (Å²) < 4.78 is 0. The van der Waals surface area contributed by atoms with Gasteiger partial charge in [0.15, 0.2) is 0 Å². The summed E-state index contributed by atoms with van der Waals surface area (Å²) in [6.07, 6.45) is 11.1. The molecule has 3 atom stereocenters. The van der Waals surface area contributed by atoms with E-state index in [1.807, 2.05) is 36.8 Å². The first-order valence-electron chi connectivity index (χ1n) is 12.9. The molecule has 0 saturated heterocycles. The molecule has 1 aliphatic carbocycles. The summed E-state index contributed by atoms with van der Waals surface area (Å²) in [5.74, 6) is 0. The van der Waals surface area contributed by atoms with Crippen LogP contribution in [-0.2, 0) is 19.6 Å². The molecule has 1 aliphatic rings. The van der Waals surface area contributed by atoms with Gasteiger partial charge < -0.3 is 16.4 Å². The Kier molecular flexibility index (Phi) is 10.2. The molecule has 0 aliphatic heterocycles. The quantitative estimate of drug-likeness (QED) is 0.328. The van der Waals surface area contributed by atoms with Gasteiger partial charge in [0.2, 0.25) is 0 Å². The number of hydrogen-bond acceptors (Lipinski definition) is 7. The summed E-state index contributed by atoms with van der Waals surface area (Å²) in [7, 11) is 0. The number of nitrogens with one attached hydrogen (secondary N) is 2. The molecule has 1 saturated carbocycles. The van der Waals surface area contributed by atoms with Gasteiger partial charge in [-0.05, 0) is 81.6 Å². The Morgan fingerprint density at radius 1 is 0.714 bits per heavy atom. The topological polar surface area (TPSA) is 92.0 Å². The van der Waals surface area contributed by atoms with E-state index >= 15 is 0 Å². The lowest BCUT2D eigenvalue weighted by Gasteiger charge is -2.41. The summed E-state index contributed by atoms with van der Waals surface area (Å²) >= 11 is 0. The average Bonchev–Trinajstić information content (AvgIpc) is 2.92. The third-order valence-corrected chi connectivity index (χ3v) is 6.79. The third kappa shape index (κ3) is 8.47. The molecule has 3 aromatic heterocycles. The summed E-state index contributed by atoms with van der Waals surface area (Å²) in [6.45, 7) is 4.23. The number of nitrogens with zero attached hydrogens (tertiary/aromatic N) is 4. The van der Waals surface area contributed by atoms with Crippen molar-refractivity contribution < 1.29 is 0 Å². The van der Waals surface area contributed by atoms with Crippen LogP contribution in [-0.4, -0.2) is 51.1 Å². The second-order valence-corrected chi connectivity index (χ2v) is 9.45. The second-order valence-electron chi connectivity index (χ2n) is 9.45. The zero-order valence-corrected chi connectivity index (χ0v) is 20.6. The molecule has 0 spiro atoms. The van der Waals surface area contributed by atoms with E-state index in [9.17, 15) is 0 Å². The standard InChI is InChI=1S/C28H39N7/c29-12-4-8-16-35(22-25-11-3-7-15-32-25)28-18-26(33-20-23-9-1-5-13-30-23)17-27(19-28)34-21-24-10-2-6-14-31-24/h1-3,5-7,9-11,13-15,26-28,33-34H,4,8,12,16-22,29H2/t26-,27+,28?. The monoisotopic (exact) mass is 473 g/mol. The lowest BCUT2D eigenvalue weighted by atomic mass is 9.85. The minimum absolute atomic E-state index is 0.415. The Balaban J connectivity index is 1.45. The Morgan fingerprint density at radius 3 is 1.74 bits per heavy atom. The molecule has 1 unspecified atom stereocenters. The van der Waals surface area contributed by atoms with Gasteiger partial charge in [-0.3, -0.25) is 19.9 Å². The summed E-state index contributed by atoms with van der Waals surface area (Å²) in [4.78, 5) is 16.2. The Labute approximate surface area is 209 Å². The zero-order chi connectivity index (χ0) is 24.1. The normalized spacial score (nSPS) is 20.2. The molecule has 0 amide bonds. The lowest BCUT2D eigenvalue weighted by Crippen LogP contribution is -2.51. The molecule has 35 heavy (non-hydrogen) atoms. The molecule has 4 rings (SSSR count). The largest absolute Gasteiger partial charge is 0.330 e. The molecule has 7 nitrogen and oxygen atoms in total. The Hall–Kier alpha value is -2.71. The fraction of sp³-hybridized carbons (Fsp3) is 0.464. The van der Waals surface area contributed by atoms with Gasteiger partial charge in [0, 0.05) is 56.4 Å². The van der Waals surface area contributed by atoms with Gasteiger partial charge in [-0.1, -0.05) is 18.2 Å². The van der Waals surface area contributed by atoms with Gasteiger partial charge in [-0.25, -0.2) is 0 Å². The van der Waals surface area contributed by atoms with E-state index in [0.717, 1.165) is 81.9 Å². The molecule has 3 aromatic rings. The van der Waals surface area contributed by atoms with Crippen LogP contribution in [0.2, 0.25) is 0 Å². The predicted octanol–water partition coefficient (Wildman–Crippen LogP) is 3.28. The smallest absolute Gasteiger partial charge is 0.0544 e. The molecule has 0 aromatic carbocycles. The highest BCUT2D eigenvalue weighted by Gasteiger charge is 2.32. The highest BCUT2D eigenvalue weighted by atomic mass is 15.2. The first-order chi connectivity index (χ1) is 17.3. The van der Waals surface area contributed by atoms with Crippen LogP contribution in [0.5, 0.6) is 0 Å². The Morgan fingerprint density at radius 2 is 1.26 bits per heavy atom. The van der Waals surface area contributed by atoms with Crippen molar-refractivity contribution in [2.45, 2.75) is 69.9 Å². The first-order valence-corrected chi connectivity index (χ1v) is 12.9. The van der Waals surface area contributed by atoms with Crippen molar-refractivity contribution >= 4 is 0 Å². The summed E-state index contributed by atoms with van der Waals surface area (Å²) in [6, 6.07) is 19.7. The lowest BCUT2D eigenvalue weighted by molar-refractivity contribution is 0.110. The van der Waals surface area contributed by atoms with Crippen LogP contribution < -0.4 is 16.4 Å². The van der Waals surface area contributed by atoms with E-state index in [2.05, 4.69) is 66.9 Å². The highest BCUT2D eigenvalue weighted by Crippen LogP contribution is 2.26. The number of aromatic nitrogens is 3. The molecule has 0 bridgehead atoms. The number of hydrogen-bond donors (Lipinski definition) is 3. The van der Waals surface area contributed by atoms with Crippen LogP contribution >= 0.6 is 0 Å². The van der Waals surface area contributed by atoms with Gasteiger partial charge in [0.25, 0.3) is 0 Å². The van der Waals surface area contributed by atoms with E-state index in [4.69, 9.17) is 5.73 Å². The Bertz CT molecular complexity index is 903. The highest BCUT2D eigenvalue weighted by molar-refractivity contribution is 5.07. The van der Waals surface area contributed by atoms with Crippen LogP contribution in [0.4, 0.5) is 0 Å². The van der Waals surface area contributed by atoms with E-state index in [1.54, 1.807) is 0 Å². The fourth-order valence-corrected chi connectivity index (χ4v) is 4.97. The maximum absolute atomic E-state index is 5.82. The van der Waals surface area contributed by atoms with Crippen LogP contribution in [0.15, 0.2) is 73.2 Å². The summed E-state index contributed by atoms with van der Waals surface area (Å²) in [5.41, 5.74) is 9.11. The van der Waals surface area contributed by atoms with E-state index in [1.165, 1.54) is 0 Å². The van der Waals surface area contributed by atoms with E-state index in [0.29, 0.717) is 18.1 Å². The van der Waals surface area contributed by atoms with Gasteiger partial charge in [0.1, 0.15) is 0 Å². The van der Waals surface area contributed by atoms with Gasteiger partial charge in [-0.15, -0.1) is 0 Å². The SMILES string of the molecule is NCCCCN(Cc1ccccn1)C1C[C@@H](NCc2ccccn2)C[C@@H](NCc2ccccn2)C1. The average molecular weight is 474 g/mol. The number of nitrogens with two attached hydrogens (primary N) is 1. The van der Waals surface area contributed by atoms with E-state index in [-0.39, 0.29) is 0 Å². The fourth-order valence-electron chi connectivity index (χ4n) is 4.97. The van der Waals surface area contributed by atoms with Crippen LogP contribution in [0.1, 0.15) is 49.2 Å². The first kappa shape index (κ1) is 25.4. The minimum Gasteiger partial charge on any atom is -0.330 e. The van der Waals surface area contributed by atoms with Crippen molar-refractivity contribution in [3.05, 3.63) is 90.3 Å². The van der Waals surface area contributed by atoms with Gasteiger partial charge >= 0.3 is 0 Å². The molecule has 3 heterocycles. The number of rotatable bonds is 13. The molecule has 4 N–H and O–H groups in total. The molecule has 7 heteroatoms. The van der Waals surface area contributed by atoms with Crippen LogP contribution in [0.25, 0.3) is 0 Å². The number of unbranched alkanes of at least 4 members (excludes halogenated alkanes) is 1. The third-order valence-electron chi connectivity index (χ3n) is 6.79. The van der Waals surface area contributed by atoms with Crippen molar-refractivity contribution in [3.8, 4) is 0 Å². The van der Waals surface area contributed by atoms with E-state index < -0.39 is 0 Å². The second kappa shape index (κ2) is 14.0. The van der Waals surface area contributed by atoms with Crippen LogP contribution in [0.3, 0.4) is 0 Å². The van der Waals surface area contributed by atoms with Crippen molar-refractivity contribution in [2.24, 2.45) is 5.73 Å². The van der Waals surface area contributed by atoms with Gasteiger partial charge in [-0.2, -0.15) is 0 Å². The van der Waals surface area contributed by atoms with Crippen molar-refractivity contribution in [3.63, 3.8) is 0 Å². The molecular formula is C28H39N7. The zero-order valence-electron chi connectivity index (χ0n) is 20.6. The van der Waals surface area contributed by atoms with Gasteiger partial charge in [0.05, 0.1) is 17.1 Å². The predicted molar refractivity (Wildman–Crippen MR) is 140 cm³/mol. The minimum atomic E-state index is 0.415. The maximum atomic E-state index is 5.82. The van der Waals surface area contributed by atoms with Crippen molar-refractivity contribution in [1.29, 1.82) is 0 Å². The molecule has 1 fully saturated rings. The molecular weight excluding hydrogens is 434 g/mol. The summed E-state index contributed by atoms with van der Waals surface area (Å²) in [5, 5.41) is 7.60. The number of pyridine rings is 3. The molecule has 186 valence electrons. The maximum Gasteiger partial charge on any atom is 0.0544 e.